The van der Waals surface area contributed by atoms with Crippen molar-refractivity contribution in [3.05, 3.63) is 35.9 Å². The summed E-state index contributed by atoms with van der Waals surface area (Å²) < 4.78 is 0. The molecule has 1 aromatic rings. The van der Waals surface area contributed by atoms with Gasteiger partial charge in [0.1, 0.15) is 0 Å². The number of nitrogens with one attached hydrogen (secondary N) is 1. The van der Waals surface area contributed by atoms with Gasteiger partial charge in [0, 0.05) is 12.3 Å². The van der Waals surface area contributed by atoms with Crippen molar-refractivity contribution in [1.29, 1.82) is 0 Å². The molecule has 0 spiro atoms. The summed E-state index contributed by atoms with van der Waals surface area (Å²) in [6, 6.07) is 10.4. The second kappa shape index (κ2) is 6.51. The summed E-state index contributed by atoms with van der Waals surface area (Å²) in [4.78, 5) is 12.2. The van der Waals surface area contributed by atoms with E-state index in [2.05, 4.69) is 29.6 Å². The van der Waals surface area contributed by atoms with Gasteiger partial charge >= 0.3 is 0 Å². The first-order chi connectivity index (χ1) is 11.2. The van der Waals surface area contributed by atoms with E-state index >= 15 is 0 Å². The van der Waals surface area contributed by atoms with Crippen LogP contribution in [0.2, 0.25) is 0 Å². The van der Waals surface area contributed by atoms with Crippen LogP contribution in [0.25, 0.3) is 0 Å². The highest BCUT2D eigenvalue weighted by molar-refractivity contribution is 7.99. The average Bonchev–Trinajstić information content (AvgIpc) is 2.53. The van der Waals surface area contributed by atoms with Gasteiger partial charge in [-0.05, 0) is 67.3 Å². The predicted molar refractivity (Wildman–Crippen MR) is 96.2 cm³/mol. The summed E-state index contributed by atoms with van der Waals surface area (Å²) in [5.74, 6) is 4.62. The van der Waals surface area contributed by atoms with E-state index < -0.39 is 0 Å². The number of hydrogen-bond donors (Lipinski definition) is 1. The smallest absolute Gasteiger partial charge is 0.230 e. The van der Waals surface area contributed by atoms with Gasteiger partial charge in [-0.2, -0.15) is 0 Å². The largest absolute Gasteiger partial charge is 0.355 e. The van der Waals surface area contributed by atoms with E-state index in [1.54, 1.807) is 11.8 Å². The van der Waals surface area contributed by atoms with E-state index in [0.717, 1.165) is 30.1 Å². The molecule has 4 bridgehead atoms. The minimum absolute atomic E-state index is 0.224. The minimum Gasteiger partial charge on any atom is -0.355 e. The highest BCUT2D eigenvalue weighted by Gasteiger charge is 2.50. The van der Waals surface area contributed by atoms with Gasteiger partial charge in [-0.3, -0.25) is 4.79 Å². The van der Waals surface area contributed by atoms with E-state index in [1.165, 1.54) is 44.1 Å². The van der Waals surface area contributed by atoms with Crippen LogP contribution in [0.5, 0.6) is 0 Å². The lowest BCUT2D eigenvalue weighted by atomic mass is 9.49. The third-order valence-corrected chi connectivity index (χ3v) is 7.17. The molecule has 4 saturated carbocycles. The van der Waals surface area contributed by atoms with Crippen LogP contribution in [0, 0.1) is 23.2 Å². The van der Waals surface area contributed by atoms with Crippen molar-refractivity contribution in [2.75, 3.05) is 12.3 Å². The molecule has 4 aliphatic rings. The Morgan fingerprint density at radius 2 is 1.65 bits per heavy atom. The normalized spacial score (nSPS) is 34.5. The Morgan fingerprint density at radius 3 is 2.26 bits per heavy atom. The molecule has 0 unspecified atom stereocenters. The molecule has 0 aliphatic heterocycles. The maximum atomic E-state index is 12.2. The number of benzene rings is 1. The van der Waals surface area contributed by atoms with E-state index in [1.807, 2.05) is 6.07 Å². The van der Waals surface area contributed by atoms with Gasteiger partial charge in [-0.15, -0.1) is 11.8 Å². The Morgan fingerprint density at radius 1 is 1.04 bits per heavy atom. The van der Waals surface area contributed by atoms with Crippen molar-refractivity contribution < 1.29 is 4.79 Å². The molecule has 0 aromatic heterocycles. The number of hydrogen-bond acceptors (Lipinski definition) is 2. The molecule has 1 amide bonds. The molecular weight excluding hydrogens is 302 g/mol. The van der Waals surface area contributed by atoms with Gasteiger partial charge < -0.3 is 5.32 Å². The van der Waals surface area contributed by atoms with Crippen LogP contribution in [0.4, 0.5) is 0 Å². The van der Waals surface area contributed by atoms with Crippen LogP contribution < -0.4 is 5.32 Å². The molecule has 2 nitrogen and oxygen atoms in total. The molecule has 3 heteroatoms. The van der Waals surface area contributed by atoms with Gasteiger partial charge in [0.25, 0.3) is 0 Å². The molecule has 124 valence electrons. The van der Waals surface area contributed by atoms with Crippen LogP contribution >= 0.6 is 11.8 Å². The predicted octanol–water partition coefficient (Wildman–Crippen LogP) is 4.25. The van der Waals surface area contributed by atoms with Gasteiger partial charge in [-0.1, -0.05) is 30.3 Å². The molecule has 0 heterocycles. The SMILES string of the molecule is O=C(CSCc1ccccc1)NCC12CC3CC(CC(C3)C1)C2. The van der Waals surface area contributed by atoms with Gasteiger partial charge in [0.2, 0.25) is 5.91 Å². The Balaban J connectivity index is 1.22. The summed E-state index contributed by atoms with van der Waals surface area (Å²) >= 11 is 1.72. The van der Waals surface area contributed by atoms with Crippen molar-refractivity contribution in [1.82, 2.24) is 5.32 Å². The molecule has 4 aliphatic carbocycles. The Bertz CT molecular complexity index is 521. The quantitative estimate of drug-likeness (QED) is 0.845. The zero-order valence-corrected chi connectivity index (χ0v) is 14.6. The van der Waals surface area contributed by atoms with E-state index in [0.29, 0.717) is 11.2 Å². The number of carbonyl (C=O) groups is 1. The molecule has 1 N–H and O–H groups in total. The second-order valence-corrected chi connectivity index (χ2v) is 9.16. The standard InChI is InChI=1S/C20H27NOS/c22-19(13-23-12-15-4-2-1-3-5-15)21-14-20-9-16-6-17(10-20)8-18(7-16)11-20/h1-5,16-18H,6-14H2,(H,21,22). The average molecular weight is 330 g/mol. The fourth-order valence-corrected chi connectivity index (χ4v) is 6.50. The van der Waals surface area contributed by atoms with Crippen molar-refractivity contribution >= 4 is 17.7 Å². The van der Waals surface area contributed by atoms with Crippen molar-refractivity contribution in [3.8, 4) is 0 Å². The van der Waals surface area contributed by atoms with Crippen molar-refractivity contribution in [2.24, 2.45) is 23.2 Å². The van der Waals surface area contributed by atoms with E-state index in [4.69, 9.17) is 0 Å². The first-order valence-corrected chi connectivity index (χ1v) is 10.2. The first-order valence-electron chi connectivity index (χ1n) is 9.09. The van der Waals surface area contributed by atoms with Crippen LogP contribution in [-0.2, 0) is 10.5 Å². The third kappa shape index (κ3) is 3.60. The number of amides is 1. The van der Waals surface area contributed by atoms with Crippen LogP contribution in [-0.4, -0.2) is 18.2 Å². The number of thioether (sulfide) groups is 1. The maximum absolute atomic E-state index is 12.2. The number of rotatable bonds is 6. The van der Waals surface area contributed by atoms with Crippen LogP contribution in [0.3, 0.4) is 0 Å². The van der Waals surface area contributed by atoms with Crippen molar-refractivity contribution in [3.63, 3.8) is 0 Å². The zero-order valence-electron chi connectivity index (χ0n) is 13.8. The van der Waals surface area contributed by atoms with E-state index in [-0.39, 0.29) is 5.91 Å². The third-order valence-electron chi connectivity index (χ3n) is 6.17. The first kappa shape index (κ1) is 15.6. The molecule has 5 rings (SSSR count). The Hall–Kier alpha value is -0.960. The second-order valence-electron chi connectivity index (χ2n) is 8.17. The maximum Gasteiger partial charge on any atom is 0.230 e. The molecule has 4 fully saturated rings. The summed E-state index contributed by atoms with van der Waals surface area (Å²) in [6.07, 6.45) is 8.53. The summed E-state index contributed by atoms with van der Waals surface area (Å²) in [6.45, 7) is 0.932. The molecule has 0 atom stereocenters. The van der Waals surface area contributed by atoms with Crippen LogP contribution in [0.15, 0.2) is 30.3 Å². The summed E-state index contributed by atoms with van der Waals surface area (Å²) in [7, 11) is 0. The lowest BCUT2D eigenvalue weighted by molar-refractivity contribution is -0.120. The van der Waals surface area contributed by atoms with E-state index in [9.17, 15) is 4.79 Å². The lowest BCUT2D eigenvalue weighted by Gasteiger charge is -2.56. The summed E-state index contributed by atoms with van der Waals surface area (Å²) in [5.41, 5.74) is 1.75. The summed E-state index contributed by atoms with van der Waals surface area (Å²) in [5, 5.41) is 3.27. The van der Waals surface area contributed by atoms with Gasteiger partial charge in [-0.25, -0.2) is 0 Å². The molecule has 0 radical (unpaired) electrons. The molecule has 23 heavy (non-hydrogen) atoms. The molecule has 0 saturated heterocycles. The fourth-order valence-electron chi connectivity index (χ4n) is 5.68. The topological polar surface area (TPSA) is 29.1 Å². The lowest BCUT2D eigenvalue weighted by Crippen LogP contribution is -2.51. The van der Waals surface area contributed by atoms with Gasteiger partial charge in [0.05, 0.1) is 5.75 Å². The minimum atomic E-state index is 0.224. The molecular formula is C20H27NOS. The Labute approximate surface area is 143 Å². The molecule has 1 aromatic carbocycles. The monoisotopic (exact) mass is 329 g/mol. The Kier molecular flexibility index (Phi) is 4.40. The zero-order chi connectivity index (χ0) is 15.7. The highest BCUT2D eigenvalue weighted by Crippen LogP contribution is 2.59. The number of carbonyl (C=O) groups excluding carboxylic acids is 1. The fraction of sp³-hybridized carbons (Fsp3) is 0.650. The van der Waals surface area contributed by atoms with Crippen molar-refractivity contribution in [2.45, 2.75) is 44.3 Å². The van der Waals surface area contributed by atoms with Gasteiger partial charge in [0.15, 0.2) is 0 Å². The highest BCUT2D eigenvalue weighted by atomic mass is 32.2. The van der Waals surface area contributed by atoms with Crippen LogP contribution in [0.1, 0.15) is 44.1 Å².